The van der Waals surface area contributed by atoms with Crippen molar-refractivity contribution in [2.75, 3.05) is 28.4 Å². The summed E-state index contributed by atoms with van der Waals surface area (Å²) in [7, 11) is 7.18. The number of ether oxygens (including phenoxy) is 4. The van der Waals surface area contributed by atoms with Gasteiger partial charge in [0.2, 0.25) is 0 Å². The van der Waals surface area contributed by atoms with Crippen molar-refractivity contribution in [3.8, 4) is 23.0 Å². The molecule has 0 amide bonds. The Labute approximate surface area is 256 Å². The molecular weight excluding hydrogens is 520 g/mol. The topological polar surface area (TPSA) is 36.9 Å². The molecule has 0 aliphatic heterocycles. The molecule has 2 aromatic rings. The van der Waals surface area contributed by atoms with E-state index in [0.29, 0.717) is 11.8 Å². The van der Waals surface area contributed by atoms with Crippen LogP contribution in [0.15, 0.2) is 36.4 Å². The van der Waals surface area contributed by atoms with E-state index in [9.17, 15) is 0 Å². The van der Waals surface area contributed by atoms with Gasteiger partial charge < -0.3 is 18.9 Å². The lowest BCUT2D eigenvalue weighted by Gasteiger charge is -2.23. The van der Waals surface area contributed by atoms with Gasteiger partial charge in [0.25, 0.3) is 0 Å². The van der Waals surface area contributed by atoms with Crippen LogP contribution in [0.1, 0.15) is 138 Å². The Hall–Kier alpha value is -2.88. The Balaban J connectivity index is 1.94. The van der Waals surface area contributed by atoms with Gasteiger partial charge in [-0.2, -0.15) is 0 Å². The van der Waals surface area contributed by atoms with Crippen molar-refractivity contribution in [3.05, 3.63) is 58.7 Å². The molecule has 0 N–H and O–H groups in total. The number of unbranched alkanes of at least 4 members (excludes halogenated alkanes) is 2. The largest absolute Gasteiger partial charge is 0.496 e. The summed E-state index contributed by atoms with van der Waals surface area (Å²) < 4.78 is 23.9. The molecule has 0 saturated heterocycles. The second-order valence-corrected chi connectivity index (χ2v) is 11.7. The first-order valence-corrected chi connectivity index (χ1v) is 16.4. The summed E-state index contributed by atoms with van der Waals surface area (Å²) in [6.07, 6.45) is 25.1. The van der Waals surface area contributed by atoms with E-state index in [1.807, 2.05) is 0 Å². The average Bonchev–Trinajstić information content (AvgIpc) is 3.02. The molecule has 0 aromatic heterocycles. The third kappa shape index (κ3) is 9.57. The van der Waals surface area contributed by atoms with E-state index in [1.165, 1.54) is 36.8 Å². The fourth-order valence-electron chi connectivity index (χ4n) is 6.43. The summed E-state index contributed by atoms with van der Waals surface area (Å²) in [5, 5.41) is 0. The van der Waals surface area contributed by atoms with Crippen molar-refractivity contribution in [2.24, 2.45) is 0 Å². The minimum Gasteiger partial charge on any atom is -0.496 e. The molecule has 0 heterocycles. The Morgan fingerprint density at radius 2 is 0.905 bits per heavy atom. The number of allylic oxidation sites excluding steroid dienone is 2. The lowest BCUT2D eigenvalue weighted by atomic mass is 9.86. The highest BCUT2D eigenvalue weighted by Gasteiger charge is 2.23. The van der Waals surface area contributed by atoms with Crippen LogP contribution < -0.4 is 18.9 Å². The second kappa shape index (κ2) is 18.6. The number of methoxy groups -OCH3 is 4. The van der Waals surface area contributed by atoms with Crippen LogP contribution in [-0.4, -0.2) is 28.4 Å². The van der Waals surface area contributed by atoms with Gasteiger partial charge in [0.1, 0.15) is 23.0 Å². The van der Waals surface area contributed by atoms with Crippen LogP contribution in [0.5, 0.6) is 23.0 Å². The molecule has 4 aliphatic carbocycles. The van der Waals surface area contributed by atoms with E-state index in [1.54, 1.807) is 28.4 Å². The van der Waals surface area contributed by atoms with Gasteiger partial charge in [-0.1, -0.05) is 76.7 Å². The summed E-state index contributed by atoms with van der Waals surface area (Å²) in [6.45, 7) is 4.54. The highest BCUT2D eigenvalue weighted by molar-refractivity contribution is 5.61. The first-order chi connectivity index (χ1) is 20.6. The molecule has 0 fully saturated rings. The third-order valence-electron chi connectivity index (χ3n) is 8.73. The number of benzene rings is 2. The van der Waals surface area contributed by atoms with E-state index in [0.717, 1.165) is 98.3 Å². The second-order valence-electron chi connectivity index (χ2n) is 11.7. The first-order valence-electron chi connectivity index (χ1n) is 16.4. The molecule has 2 aromatic carbocycles. The molecule has 4 heteroatoms. The minimum absolute atomic E-state index is 0.427. The maximum atomic E-state index is 5.97. The molecule has 0 unspecified atom stereocenters. The Morgan fingerprint density at radius 1 is 0.548 bits per heavy atom. The molecule has 6 rings (SSSR count). The molecule has 0 spiro atoms. The zero-order chi connectivity index (χ0) is 30.2. The maximum absolute atomic E-state index is 5.97. The highest BCUT2D eigenvalue weighted by atomic mass is 16.5. The maximum Gasteiger partial charge on any atom is 0.126 e. The summed E-state index contributed by atoms with van der Waals surface area (Å²) in [4.78, 5) is 0. The SMILES string of the molecule is CCCC[C@H]1CCCC/C=C/c2cc(OC)c(c(OC)c2)[C@@H](CCCC)CCCC/C=C/c2cc(OC)c1c(OC)c2. The van der Waals surface area contributed by atoms with Crippen molar-refractivity contribution in [1.29, 1.82) is 0 Å². The van der Waals surface area contributed by atoms with Gasteiger partial charge >= 0.3 is 0 Å². The van der Waals surface area contributed by atoms with E-state index >= 15 is 0 Å². The predicted molar refractivity (Wildman–Crippen MR) is 179 cm³/mol. The number of hydrogen-bond acceptors (Lipinski definition) is 4. The summed E-state index contributed by atoms with van der Waals surface area (Å²) in [5.74, 6) is 4.69. The molecular formula is C38H56O4. The Morgan fingerprint density at radius 3 is 1.21 bits per heavy atom. The predicted octanol–water partition coefficient (Wildman–Crippen LogP) is 11.1. The monoisotopic (exact) mass is 576 g/mol. The minimum atomic E-state index is 0.427. The highest BCUT2D eigenvalue weighted by Crippen LogP contribution is 2.43. The van der Waals surface area contributed by atoms with Crippen LogP contribution in [-0.2, 0) is 0 Å². The van der Waals surface area contributed by atoms with Crippen LogP contribution in [0.25, 0.3) is 12.2 Å². The summed E-state index contributed by atoms with van der Waals surface area (Å²) in [6, 6.07) is 8.80. The lowest BCUT2D eigenvalue weighted by Crippen LogP contribution is -2.06. The zero-order valence-electron chi connectivity index (χ0n) is 27.3. The average molecular weight is 577 g/mol. The standard InChI is InChI=1S/C38H56O4/c1-7-9-21-31-23-17-13-11-15-20-30-27-35(41-5)38(36(28-30)42-6)32(22-10-8-2)24-18-14-12-16-19-29-25-33(39-3)37(31)34(26-29)40-4/h15-16,19-20,25-28,31-32H,7-14,17-18,21-24H2,1-6H3/b19-16+,20-15+/t31-,32-/m0/s1. The quantitative estimate of drug-likeness (QED) is 0.282. The van der Waals surface area contributed by atoms with Gasteiger partial charge in [-0.3, -0.25) is 0 Å². The molecule has 0 saturated carbocycles. The van der Waals surface area contributed by atoms with Gasteiger partial charge in [0.15, 0.2) is 0 Å². The van der Waals surface area contributed by atoms with E-state index < -0.39 is 0 Å². The molecule has 232 valence electrons. The zero-order valence-corrected chi connectivity index (χ0v) is 27.3. The van der Waals surface area contributed by atoms with Crippen LogP contribution >= 0.6 is 0 Å². The fourth-order valence-corrected chi connectivity index (χ4v) is 6.43. The van der Waals surface area contributed by atoms with Crippen molar-refractivity contribution >= 4 is 12.2 Å². The molecule has 42 heavy (non-hydrogen) atoms. The first kappa shape index (κ1) is 33.6. The van der Waals surface area contributed by atoms with Crippen LogP contribution in [0, 0.1) is 0 Å². The molecule has 4 nitrogen and oxygen atoms in total. The van der Waals surface area contributed by atoms with Crippen LogP contribution in [0.4, 0.5) is 0 Å². The van der Waals surface area contributed by atoms with Crippen LogP contribution in [0.2, 0.25) is 0 Å². The van der Waals surface area contributed by atoms with Crippen molar-refractivity contribution in [3.63, 3.8) is 0 Å². The van der Waals surface area contributed by atoms with E-state index in [4.69, 9.17) is 18.9 Å². The summed E-state index contributed by atoms with van der Waals surface area (Å²) >= 11 is 0. The molecule has 4 bridgehead atoms. The van der Waals surface area contributed by atoms with E-state index in [-0.39, 0.29) is 0 Å². The summed E-state index contributed by atoms with van der Waals surface area (Å²) in [5.41, 5.74) is 4.76. The number of hydrogen-bond donors (Lipinski definition) is 0. The molecule has 4 aliphatic rings. The van der Waals surface area contributed by atoms with Crippen molar-refractivity contribution in [2.45, 2.75) is 116 Å². The van der Waals surface area contributed by atoms with Gasteiger partial charge in [-0.15, -0.1) is 0 Å². The third-order valence-corrected chi connectivity index (χ3v) is 8.73. The van der Waals surface area contributed by atoms with E-state index in [2.05, 4.69) is 62.4 Å². The number of rotatable bonds is 10. The van der Waals surface area contributed by atoms with Gasteiger partial charge in [-0.25, -0.2) is 0 Å². The van der Waals surface area contributed by atoms with Gasteiger partial charge in [-0.05, 0) is 98.6 Å². The van der Waals surface area contributed by atoms with Gasteiger partial charge in [0, 0.05) is 11.1 Å². The molecule has 2 atom stereocenters. The normalized spacial score (nSPS) is 19.9. The molecule has 0 radical (unpaired) electrons. The van der Waals surface area contributed by atoms with Crippen LogP contribution in [0.3, 0.4) is 0 Å². The Bertz CT molecular complexity index is 992. The Kier molecular flexibility index (Phi) is 14.9. The van der Waals surface area contributed by atoms with Gasteiger partial charge in [0.05, 0.1) is 28.4 Å². The smallest absolute Gasteiger partial charge is 0.126 e. The fraction of sp³-hybridized carbons (Fsp3) is 0.579. The van der Waals surface area contributed by atoms with Crippen molar-refractivity contribution in [1.82, 2.24) is 0 Å². The lowest BCUT2D eigenvalue weighted by molar-refractivity contribution is 0.370. The van der Waals surface area contributed by atoms with Crippen molar-refractivity contribution < 1.29 is 18.9 Å².